The molecule has 0 bridgehead atoms. The van der Waals surface area contributed by atoms with Gasteiger partial charge in [0.25, 0.3) is 0 Å². The number of benzene rings is 1. The molecular formula is C18H29N. The van der Waals surface area contributed by atoms with Gasteiger partial charge in [-0.15, -0.1) is 0 Å². The van der Waals surface area contributed by atoms with E-state index in [0.29, 0.717) is 11.3 Å². The van der Waals surface area contributed by atoms with E-state index >= 15 is 0 Å². The van der Waals surface area contributed by atoms with E-state index in [0.717, 1.165) is 12.6 Å². The fourth-order valence-corrected chi connectivity index (χ4v) is 2.43. The van der Waals surface area contributed by atoms with Gasteiger partial charge in [-0.1, -0.05) is 50.6 Å². The third-order valence-corrected chi connectivity index (χ3v) is 4.02. The van der Waals surface area contributed by atoms with Crippen molar-refractivity contribution in [2.75, 3.05) is 6.54 Å². The summed E-state index contributed by atoms with van der Waals surface area (Å²) in [5.41, 5.74) is 3.29. The fourth-order valence-electron chi connectivity index (χ4n) is 2.43. The summed E-state index contributed by atoms with van der Waals surface area (Å²) in [6.07, 6.45) is 5.32. The summed E-state index contributed by atoms with van der Waals surface area (Å²) in [5.74, 6) is 0.667. The van der Waals surface area contributed by atoms with Crippen LogP contribution in [0.15, 0.2) is 24.3 Å². The van der Waals surface area contributed by atoms with Crippen molar-refractivity contribution >= 4 is 0 Å². The maximum Gasteiger partial charge on any atom is 0.00684 e. The molecule has 1 aromatic carbocycles. The Hall–Kier alpha value is -0.820. The zero-order valence-corrected chi connectivity index (χ0v) is 13.0. The molecule has 0 aliphatic heterocycles. The molecule has 1 atom stereocenters. The highest BCUT2D eigenvalue weighted by molar-refractivity contribution is 5.25. The van der Waals surface area contributed by atoms with Gasteiger partial charge in [-0.25, -0.2) is 0 Å². The van der Waals surface area contributed by atoms with E-state index in [1.165, 1.54) is 36.8 Å². The summed E-state index contributed by atoms with van der Waals surface area (Å²) in [4.78, 5) is 0. The molecule has 106 valence electrons. The molecule has 1 saturated carbocycles. The van der Waals surface area contributed by atoms with Crippen molar-refractivity contribution in [2.24, 2.45) is 5.41 Å². The summed E-state index contributed by atoms with van der Waals surface area (Å²) in [6, 6.07) is 9.93. The van der Waals surface area contributed by atoms with Crippen molar-refractivity contribution in [3.8, 4) is 0 Å². The quantitative estimate of drug-likeness (QED) is 0.783. The Morgan fingerprint density at radius 1 is 1.16 bits per heavy atom. The second-order valence-electron chi connectivity index (χ2n) is 7.39. The number of aryl methyl sites for hydroxylation is 1. The van der Waals surface area contributed by atoms with Gasteiger partial charge in [0.05, 0.1) is 0 Å². The maximum absolute atomic E-state index is 3.71. The lowest BCUT2D eigenvalue weighted by Gasteiger charge is -2.24. The van der Waals surface area contributed by atoms with Gasteiger partial charge in [-0.05, 0) is 49.5 Å². The number of nitrogens with one attached hydrogen (secondary N) is 1. The monoisotopic (exact) mass is 259 g/mol. The predicted octanol–water partition coefficient (Wildman–Crippen LogP) is 4.66. The number of hydrogen-bond donors (Lipinski definition) is 1. The topological polar surface area (TPSA) is 12.0 Å². The van der Waals surface area contributed by atoms with Crippen LogP contribution in [0.4, 0.5) is 0 Å². The lowest BCUT2D eigenvalue weighted by atomic mass is 9.84. The maximum atomic E-state index is 3.71. The van der Waals surface area contributed by atoms with Gasteiger partial charge >= 0.3 is 0 Å². The van der Waals surface area contributed by atoms with Crippen LogP contribution in [0.25, 0.3) is 0 Å². The highest BCUT2D eigenvalue weighted by atomic mass is 14.9. The molecule has 0 amide bonds. The van der Waals surface area contributed by atoms with Crippen molar-refractivity contribution < 1.29 is 0 Å². The lowest BCUT2D eigenvalue weighted by molar-refractivity contribution is 0.344. The molecule has 0 saturated heterocycles. The molecule has 0 heterocycles. The SMILES string of the molecule is Cc1ccc(C(CCC(C)(C)C)CNC2CC2)cc1. The van der Waals surface area contributed by atoms with E-state index in [1.54, 1.807) is 0 Å². The van der Waals surface area contributed by atoms with E-state index in [4.69, 9.17) is 0 Å². The molecule has 1 aliphatic carbocycles. The van der Waals surface area contributed by atoms with Crippen LogP contribution in [0.3, 0.4) is 0 Å². The molecular weight excluding hydrogens is 230 g/mol. The van der Waals surface area contributed by atoms with Crippen molar-refractivity contribution in [3.63, 3.8) is 0 Å². The Labute approximate surface area is 118 Å². The van der Waals surface area contributed by atoms with Crippen LogP contribution in [-0.2, 0) is 0 Å². The first-order chi connectivity index (χ1) is 8.94. The number of rotatable bonds is 6. The van der Waals surface area contributed by atoms with Crippen LogP contribution in [0.5, 0.6) is 0 Å². The molecule has 1 nitrogen and oxygen atoms in total. The Kier molecular flexibility index (Phi) is 4.67. The second-order valence-corrected chi connectivity index (χ2v) is 7.39. The molecule has 1 N–H and O–H groups in total. The fraction of sp³-hybridized carbons (Fsp3) is 0.667. The largest absolute Gasteiger partial charge is 0.313 e. The van der Waals surface area contributed by atoms with Gasteiger partial charge in [-0.3, -0.25) is 0 Å². The summed E-state index contributed by atoms with van der Waals surface area (Å²) >= 11 is 0. The van der Waals surface area contributed by atoms with E-state index in [1.807, 2.05) is 0 Å². The molecule has 1 unspecified atom stereocenters. The first-order valence-electron chi connectivity index (χ1n) is 7.74. The van der Waals surface area contributed by atoms with Crippen LogP contribution in [0, 0.1) is 12.3 Å². The molecule has 0 radical (unpaired) electrons. The van der Waals surface area contributed by atoms with Crippen LogP contribution < -0.4 is 5.32 Å². The summed E-state index contributed by atoms with van der Waals surface area (Å²) in [7, 11) is 0. The van der Waals surface area contributed by atoms with Gasteiger partial charge in [0.15, 0.2) is 0 Å². The van der Waals surface area contributed by atoms with Crippen LogP contribution in [0.1, 0.15) is 63.5 Å². The first-order valence-corrected chi connectivity index (χ1v) is 7.74. The highest BCUT2D eigenvalue weighted by Crippen LogP contribution is 2.29. The van der Waals surface area contributed by atoms with Crippen molar-refractivity contribution in [2.45, 2.75) is 65.3 Å². The van der Waals surface area contributed by atoms with E-state index in [9.17, 15) is 0 Å². The van der Waals surface area contributed by atoms with E-state index in [2.05, 4.69) is 57.3 Å². The minimum Gasteiger partial charge on any atom is -0.313 e. The molecule has 1 fully saturated rings. The first kappa shape index (κ1) is 14.6. The number of hydrogen-bond acceptors (Lipinski definition) is 1. The van der Waals surface area contributed by atoms with Gasteiger partial charge in [-0.2, -0.15) is 0 Å². The Morgan fingerprint density at radius 3 is 2.32 bits per heavy atom. The summed E-state index contributed by atoms with van der Waals surface area (Å²) < 4.78 is 0. The van der Waals surface area contributed by atoms with Crippen molar-refractivity contribution in [1.82, 2.24) is 5.32 Å². The average molecular weight is 259 g/mol. The smallest absolute Gasteiger partial charge is 0.00684 e. The third kappa shape index (κ3) is 5.36. The Bertz CT molecular complexity index is 381. The molecule has 1 aliphatic rings. The van der Waals surface area contributed by atoms with Crippen LogP contribution >= 0.6 is 0 Å². The summed E-state index contributed by atoms with van der Waals surface area (Å²) in [6.45, 7) is 10.3. The van der Waals surface area contributed by atoms with Gasteiger partial charge in [0, 0.05) is 12.6 Å². The second kappa shape index (κ2) is 6.09. The Morgan fingerprint density at radius 2 is 1.79 bits per heavy atom. The normalized spacial score (nSPS) is 17.5. The third-order valence-electron chi connectivity index (χ3n) is 4.02. The Balaban J connectivity index is 1.97. The molecule has 1 aromatic rings. The highest BCUT2D eigenvalue weighted by Gasteiger charge is 2.23. The zero-order valence-electron chi connectivity index (χ0n) is 13.0. The minimum absolute atomic E-state index is 0.433. The van der Waals surface area contributed by atoms with E-state index in [-0.39, 0.29) is 0 Å². The molecule has 2 rings (SSSR count). The van der Waals surface area contributed by atoms with Crippen molar-refractivity contribution in [1.29, 1.82) is 0 Å². The summed E-state index contributed by atoms with van der Waals surface area (Å²) in [5, 5.41) is 3.71. The molecule has 0 spiro atoms. The van der Waals surface area contributed by atoms with Gasteiger partial charge in [0.1, 0.15) is 0 Å². The van der Waals surface area contributed by atoms with Crippen LogP contribution in [0.2, 0.25) is 0 Å². The molecule has 0 aromatic heterocycles. The van der Waals surface area contributed by atoms with Crippen LogP contribution in [-0.4, -0.2) is 12.6 Å². The van der Waals surface area contributed by atoms with Gasteiger partial charge < -0.3 is 5.32 Å². The van der Waals surface area contributed by atoms with Gasteiger partial charge in [0.2, 0.25) is 0 Å². The zero-order chi connectivity index (χ0) is 13.9. The predicted molar refractivity (Wildman–Crippen MR) is 83.6 cm³/mol. The molecule has 1 heteroatoms. The minimum atomic E-state index is 0.433. The molecule has 19 heavy (non-hydrogen) atoms. The van der Waals surface area contributed by atoms with Crippen molar-refractivity contribution in [3.05, 3.63) is 35.4 Å². The standard InChI is InChI=1S/C18H29N/c1-14-5-7-15(8-6-14)16(11-12-18(2,3)4)13-19-17-9-10-17/h5-8,16-17,19H,9-13H2,1-4H3. The van der Waals surface area contributed by atoms with E-state index < -0.39 is 0 Å². The lowest BCUT2D eigenvalue weighted by Crippen LogP contribution is -2.24. The average Bonchev–Trinajstić information content (AvgIpc) is 3.13.